The molecule has 24 heavy (non-hydrogen) atoms. The Balaban J connectivity index is 2.07. The molecule has 0 fully saturated rings. The number of likely N-dealkylation sites (N-methyl/N-ethyl adjacent to an activating group) is 1. The van der Waals surface area contributed by atoms with Crippen LogP contribution in [0.3, 0.4) is 0 Å². The molecule has 3 heterocycles. The normalized spacial score (nSPS) is 13.8. The Labute approximate surface area is 141 Å². The van der Waals surface area contributed by atoms with Crippen molar-refractivity contribution in [2.75, 3.05) is 18.5 Å². The zero-order chi connectivity index (χ0) is 17.0. The van der Waals surface area contributed by atoms with E-state index in [1.54, 1.807) is 4.40 Å². The van der Waals surface area contributed by atoms with Gasteiger partial charge >= 0.3 is 5.69 Å². The summed E-state index contributed by atoms with van der Waals surface area (Å²) in [6, 6.07) is 6.47. The van der Waals surface area contributed by atoms with Crippen LogP contribution in [0.5, 0.6) is 0 Å². The maximum atomic E-state index is 12.7. The van der Waals surface area contributed by atoms with Gasteiger partial charge in [0, 0.05) is 37.1 Å². The van der Waals surface area contributed by atoms with Crippen molar-refractivity contribution in [1.82, 2.24) is 14.2 Å². The number of hydrogen-bond acceptors (Lipinski definition) is 3. The van der Waals surface area contributed by atoms with Gasteiger partial charge in [0.15, 0.2) is 0 Å². The highest BCUT2D eigenvalue weighted by molar-refractivity contribution is 5.84. The monoisotopic (exact) mass is 322 g/mol. The fourth-order valence-corrected chi connectivity index (χ4v) is 3.99. The Morgan fingerprint density at radius 3 is 2.79 bits per heavy atom. The van der Waals surface area contributed by atoms with Crippen LogP contribution >= 0.6 is 0 Å². The Bertz CT molecular complexity index is 1010. The summed E-state index contributed by atoms with van der Waals surface area (Å²) in [5, 5.41) is 4.29. The van der Waals surface area contributed by atoms with E-state index in [-0.39, 0.29) is 5.69 Å². The molecule has 5 nitrogen and oxygen atoms in total. The van der Waals surface area contributed by atoms with Crippen molar-refractivity contribution >= 4 is 11.2 Å². The number of aromatic nitrogens is 3. The lowest BCUT2D eigenvalue weighted by Gasteiger charge is -2.13. The first kappa shape index (κ1) is 15.0. The standard InChI is InChI=1S/C19H22N4O/c1-5-22-19(24)23-13(3)18(12(2)17(23)11-20-22)15-7-6-8-16-14(15)9-10-21(16)4/h6-8,11H,5,9-10H2,1-4H3. The third-order valence-corrected chi connectivity index (χ3v) is 5.26. The van der Waals surface area contributed by atoms with Gasteiger partial charge in [0.2, 0.25) is 0 Å². The van der Waals surface area contributed by atoms with Crippen molar-refractivity contribution in [3.8, 4) is 11.1 Å². The largest absolute Gasteiger partial charge is 0.374 e. The summed E-state index contributed by atoms with van der Waals surface area (Å²) in [4.78, 5) is 15.0. The molecule has 1 aromatic carbocycles. The van der Waals surface area contributed by atoms with Crippen molar-refractivity contribution in [3.05, 3.63) is 51.7 Å². The molecule has 2 aromatic heterocycles. The number of anilines is 1. The average molecular weight is 322 g/mol. The van der Waals surface area contributed by atoms with Crippen LogP contribution in [-0.4, -0.2) is 27.8 Å². The van der Waals surface area contributed by atoms with Gasteiger partial charge in [-0.05, 0) is 49.9 Å². The molecule has 0 atom stereocenters. The lowest BCUT2D eigenvalue weighted by Crippen LogP contribution is -2.28. The molecule has 1 aliphatic rings. The molecule has 1 aliphatic heterocycles. The molecule has 0 amide bonds. The first-order valence-electron chi connectivity index (χ1n) is 8.45. The molecule has 5 heteroatoms. The summed E-state index contributed by atoms with van der Waals surface area (Å²) in [6.07, 6.45) is 2.86. The number of benzene rings is 1. The lowest BCUT2D eigenvalue weighted by molar-refractivity contribution is 0.585. The quantitative estimate of drug-likeness (QED) is 0.728. The van der Waals surface area contributed by atoms with Crippen LogP contribution in [0.1, 0.15) is 23.7 Å². The van der Waals surface area contributed by atoms with Crippen molar-refractivity contribution in [1.29, 1.82) is 0 Å². The Kier molecular flexibility index (Phi) is 3.27. The summed E-state index contributed by atoms with van der Waals surface area (Å²) >= 11 is 0. The summed E-state index contributed by atoms with van der Waals surface area (Å²) in [5.41, 5.74) is 8.07. The van der Waals surface area contributed by atoms with Gasteiger partial charge < -0.3 is 4.90 Å². The lowest BCUT2D eigenvalue weighted by atomic mass is 9.95. The first-order valence-corrected chi connectivity index (χ1v) is 8.45. The number of nitrogens with zero attached hydrogens (tertiary/aromatic N) is 4. The van der Waals surface area contributed by atoms with Crippen LogP contribution in [-0.2, 0) is 13.0 Å². The Morgan fingerprint density at radius 1 is 1.25 bits per heavy atom. The maximum absolute atomic E-state index is 12.7. The maximum Gasteiger partial charge on any atom is 0.349 e. The first-order chi connectivity index (χ1) is 11.5. The van der Waals surface area contributed by atoms with Crippen LogP contribution in [0.15, 0.2) is 29.2 Å². The number of aryl methyl sites for hydroxylation is 3. The topological polar surface area (TPSA) is 42.5 Å². The van der Waals surface area contributed by atoms with E-state index >= 15 is 0 Å². The van der Waals surface area contributed by atoms with Gasteiger partial charge in [-0.25, -0.2) is 9.48 Å². The molecule has 0 saturated heterocycles. The van der Waals surface area contributed by atoms with E-state index in [4.69, 9.17) is 0 Å². The van der Waals surface area contributed by atoms with Crippen molar-refractivity contribution < 1.29 is 0 Å². The second-order valence-corrected chi connectivity index (χ2v) is 6.52. The molecule has 0 bridgehead atoms. The zero-order valence-electron chi connectivity index (χ0n) is 14.6. The molecular formula is C19H22N4O. The minimum Gasteiger partial charge on any atom is -0.374 e. The van der Waals surface area contributed by atoms with E-state index in [1.165, 1.54) is 27.1 Å². The summed E-state index contributed by atoms with van der Waals surface area (Å²) in [5.74, 6) is 0. The highest BCUT2D eigenvalue weighted by atomic mass is 16.2. The number of hydrogen-bond donors (Lipinski definition) is 0. The van der Waals surface area contributed by atoms with E-state index < -0.39 is 0 Å². The van der Waals surface area contributed by atoms with Crippen molar-refractivity contribution in [2.24, 2.45) is 0 Å². The second-order valence-electron chi connectivity index (χ2n) is 6.52. The Hall–Kier alpha value is -2.56. The number of rotatable bonds is 2. The van der Waals surface area contributed by atoms with Crippen LogP contribution in [0.2, 0.25) is 0 Å². The predicted octanol–water partition coefficient (Wildman–Crippen LogP) is 2.79. The van der Waals surface area contributed by atoms with E-state index in [9.17, 15) is 4.79 Å². The fourth-order valence-electron chi connectivity index (χ4n) is 3.99. The van der Waals surface area contributed by atoms with Crippen LogP contribution in [0, 0.1) is 13.8 Å². The summed E-state index contributed by atoms with van der Waals surface area (Å²) < 4.78 is 3.31. The third-order valence-electron chi connectivity index (χ3n) is 5.26. The highest BCUT2D eigenvalue weighted by Gasteiger charge is 2.24. The van der Waals surface area contributed by atoms with Gasteiger partial charge in [0.25, 0.3) is 0 Å². The SMILES string of the molecule is CCn1ncc2c(C)c(-c3cccc4c3CCN4C)c(C)n2c1=O. The minimum atomic E-state index is -0.0634. The van der Waals surface area contributed by atoms with Crippen LogP contribution < -0.4 is 10.6 Å². The molecule has 0 radical (unpaired) electrons. The molecule has 0 aliphatic carbocycles. The zero-order valence-corrected chi connectivity index (χ0v) is 14.6. The van der Waals surface area contributed by atoms with Gasteiger partial charge in [-0.15, -0.1) is 0 Å². The smallest absolute Gasteiger partial charge is 0.349 e. The van der Waals surface area contributed by atoms with E-state index in [2.05, 4.69) is 42.2 Å². The molecule has 0 unspecified atom stereocenters. The molecule has 0 spiro atoms. The molecule has 4 rings (SSSR count). The molecule has 0 saturated carbocycles. The van der Waals surface area contributed by atoms with Crippen molar-refractivity contribution in [2.45, 2.75) is 33.7 Å². The third kappa shape index (κ3) is 1.87. The van der Waals surface area contributed by atoms with Crippen LogP contribution in [0.4, 0.5) is 5.69 Å². The molecule has 124 valence electrons. The van der Waals surface area contributed by atoms with E-state index in [0.29, 0.717) is 6.54 Å². The molecular weight excluding hydrogens is 300 g/mol. The van der Waals surface area contributed by atoms with Gasteiger partial charge in [0.1, 0.15) is 0 Å². The van der Waals surface area contributed by atoms with Crippen LogP contribution in [0.25, 0.3) is 16.6 Å². The highest BCUT2D eigenvalue weighted by Crippen LogP contribution is 2.39. The predicted molar refractivity (Wildman–Crippen MR) is 97.0 cm³/mol. The number of fused-ring (bicyclic) bond motifs is 2. The van der Waals surface area contributed by atoms with E-state index in [1.807, 2.05) is 20.0 Å². The van der Waals surface area contributed by atoms with Gasteiger partial charge in [0.05, 0.1) is 11.7 Å². The Morgan fingerprint density at radius 2 is 2.04 bits per heavy atom. The van der Waals surface area contributed by atoms with Gasteiger partial charge in [-0.2, -0.15) is 5.10 Å². The van der Waals surface area contributed by atoms with Gasteiger partial charge in [-0.1, -0.05) is 12.1 Å². The van der Waals surface area contributed by atoms with Gasteiger partial charge in [-0.3, -0.25) is 4.40 Å². The molecule has 3 aromatic rings. The average Bonchev–Trinajstić information content (AvgIpc) is 3.07. The summed E-state index contributed by atoms with van der Waals surface area (Å²) in [7, 11) is 2.13. The van der Waals surface area contributed by atoms with E-state index in [0.717, 1.165) is 29.7 Å². The fraction of sp³-hybridized carbons (Fsp3) is 0.368. The summed E-state index contributed by atoms with van der Waals surface area (Å²) in [6.45, 7) is 7.68. The minimum absolute atomic E-state index is 0.0634. The van der Waals surface area contributed by atoms with Crippen molar-refractivity contribution in [3.63, 3.8) is 0 Å². The molecule has 0 N–H and O–H groups in total. The second kappa shape index (κ2) is 5.23.